The second-order valence-electron chi connectivity index (χ2n) is 8.46. The molecule has 1 rings (SSSR count). The maximum Gasteiger partial charge on any atom is 0.318 e. The summed E-state index contributed by atoms with van der Waals surface area (Å²) in [5, 5.41) is 3.00. The average Bonchev–Trinajstić information content (AvgIpc) is 2.66. The van der Waals surface area contributed by atoms with Gasteiger partial charge in [-0.3, -0.25) is 0 Å². The first-order chi connectivity index (χ1) is 13.9. The highest BCUT2D eigenvalue weighted by atomic mass is 32.2. The van der Waals surface area contributed by atoms with Crippen LogP contribution in [0.5, 0.6) is 5.75 Å². The minimum absolute atomic E-state index is 0.0227. The molecule has 172 valence electrons. The summed E-state index contributed by atoms with van der Waals surface area (Å²) >= 11 is 0. The molecule has 1 N–H and O–H groups in total. The molecule has 0 spiro atoms. The van der Waals surface area contributed by atoms with Gasteiger partial charge in [-0.2, -0.15) is 8.42 Å². The minimum Gasteiger partial charge on any atom is -0.382 e. The molecular formula is C22H39N3O4S. The van der Waals surface area contributed by atoms with Gasteiger partial charge in [-0.05, 0) is 61.0 Å². The Kier molecular flexibility index (Phi) is 9.46. The topological polar surface area (TPSA) is 79.0 Å². The van der Waals surface area contributed by atoms with Gasteiger partial charge in [0.25, 0.3) is 0 Å². The number of rotatable bonds is 10. The summed E-state index contributed by atoms with van der Waals surface area (Å²) in [6, 6.07) is 5.35. The number of hydrogen-bond donors (Lipinski definition) is 1. The molecule has 1 aromatic rings. The van der Waals surface area contributed by atoms with Crippen molar-refractivity contribution in [2.24, 2.45) is 0 Å². The molecule has 0 saturated carbocycles. The van der Waals surface area contributed by atoms with E-state index in [0.29, 0.717) is 5.56 Å². The molecule has 0 saturated heterocycles. The van der Waals surface area contributed by atoms with Crippen molar-refractivity contribution in [3.8, 4) is 5.75 Å². The molecular weight excluding hydrogens is 402 g/mol. The summed E-state index contributed by atoms with van der Waals surface area (Å²) < 4.78 is 29.9. The summed E-state index contributed by atoms with van der Waals surface area (Å²) in [5.41, 5.74) is 1.17. The summed E-state index contributed by atoms with van der Waals surface area (Å²) in [6.45, 7) is 17.3. The van der Waals surface area contributed by atoms with Crippen molar-refractivity contribution in [1.82, 2.24) is 10.2 Å². The Morgan fingerprint density at radius 1 is 1.13 bits per heavy atom. The monoisotopic (exact) mass is 441 g/mol. The van der Waals surface area contributed by atoms with Crippen LogP contribution in [0.15, 0.2) is 18.2 Å². The second kappa shape index (κ2) is 10.9. The van der Waals surface area contributed by atoms with E-state index in [-0.39, 0.29) is 35.7 Å². The summed E-state index contributed by atoms with van der Waals surface area (Å²) in [5.74, 6) is 0.153. The predicted octanol–water partition coefficient (Wildman–Crippen LogP) is 4.37. The smallest absolute Gasteiger partial charge is 0.318 e. The maximum atomic E-state index is 12.9. The fourth-order valence-corrected chi connectivity index (χ4v) is 3.50. The second-order valence-corrected chi connectivity index (χ2v) is 10.3. The predicted molar refractivity (Wildman–Crippen MR) is 124 cm³/mol. The molecule has 0 aromatic heterocycles. The van der Waals surface area contributed by atoms with Gasteiger partial charge in [0.2, 0.25) is 0 Å². The van der Waals surface area contributed by atoms with Gasteiger partial charge in [-0.25, -0.2) is 4.79 Å². The largest absolute Gasteiger partial charge is 0.382 e. The third-order valence-corrected chi connectivity index (χ3v) is 6.10. The van der Waals surface area contributed by atoms with E-state index >= 15 is 0 Å². The highest BCUT2D eigenvalue weighted by Gasteiger charge is 2.25. The van der Waals surface area contributed by atoms with E-state index in [2.05, 4.69) is 10.2 Å². The lowest BCUT2D eigenvalue weighted by molar-refractivity contribution is 0.164. The Bertz CT molecular complexity index is 799. The minimum atomic E-state index is -3.70. The van der Waals surface area contributed by atoms with E-state index in [1.807, 2.05) is 60.6 Å². The van der Waals surface area contributed by atoms with E-state index in [0.717, 1.165) is 25.2 Å². The number of carbonyl (C=O) groups is 1. The number of nitrogens with one attached hydrogen (secondary N) is 1. The van der Waals surface area contributed by atoms with Crippen molar-refractivity contribution >= 4 is 21.8 Å². The van der Waals surface area contributed by atoms with Gasteiger partial charge in [0.15, 0.2) is 0 Å². The van der Waals surface area contributed by atoms with Gasteiger partial charge in [-0.1, -0.05) is 13.0 Å². The van der Waals surface area contributed by atoms with Crippen LogP contribution in [-0.4, -0.2) is 49.8 Å². The van der Waals surface area contributed by atoms with Gasteiger partial charge < -0.3 is 19.3 Å². The van der Waals surface area contributed by atoms with E-state index in [4.69, 9.17) is 4.18 Å². The molecule has 0 aliphatic carbocycles. The number of anilines is 1. The van der Waals surface area contributed by atoms with Crippen LogP contribution >= 0.6 is 0 Å². The molecule has 0 fully saturated rings. The number of amides is 2. The van der Waals surface area contributed by atoms with E-state index < -0.39 is 10.1 Å². The van der Waals surface area contributed by atoms with Crippen LogP contribution in [0, 0.1) is 0 Å². The van der Waals surface area contributed by atoms with Gasteiger partial charge in [0.1, 0.15) is 5.75 Å². The van der Waals surface area contributed by atoms with Crippen LogP contribution in [0.4, 0.5) is 10.5 Å². The Morgan fingerprint density at radius 2 is 1.73 bits per heavy atom. The van der Waals surface area contributed by atoms with Crippen molar-refractivity contribution in [2.45, 2.75) is 79.9 Å². The third kappa shape index (κ3) is 7.70. The molecule has 0 aliphatic rings. The quantitative estimate of drug-likeness (QED) is 0.546. The molecule has 1 atom stereocenters. The SMILES string of the molecule is CC[C@H](C)N(Cc1ccc(N(CC)CC)cc1OS(=O)(=O)CC)C(=O)NC(C)(C)C. The first-order valence-electron chi connectivity index (χ1n) is 10.8. The van der Waals surface area contributed by atoms with E-state index in [9.17, 15) is 13.2 Å². The number of hydrogen-bond acceptors (Lipinski definition) is 5. The fraction of sp³-hybridized carbons (Fsp3) is 0.682. The molecule has 30 heavy (non-hydrogen) atoms. The molecule has 1 aromatic carbocycles. The van der Waals surface area contributed by atoms with Crippen molar-refractivity contribution in [3.63, 3.8) is 0 Å². The van der Waals surface area contributed by atoms with Crippen molar-refractivity contribution in [3.05, 3.63) is 23.8 Å². The standard InChI is InChI=1S/C22H39N3O4S/c1-9-17(5)25(21(26)23-22(6,7)8)16-18-13-14-19(24(10-2)11-3)15-20(18)29-30(27,28)12-4/h13-15,17H,9-12,16H2,1-8H3,(H,23,26)/t17-/m0/s1. The average molecular weight is 442 g/mol. The van der Waals surface area contributed by atoms with Crippen LogP contribution in [0.3, 0.4) is 0 Å². The van der Waals surface area contributed by atoms with Crippen LogP contribution < -0.4 is 14.4 Å². The Hall–Kier alpha value is -1.96. The molecule has 0 radical (unpaired) electrons. The summed E-state index contributed by atoms with van der Waals surface area (Å²) in [4.78, 5) is 16.8. The van der Waals surface area contributed by atoms with Crippen LogP contribution in [0.2, 0.25) is 0 Å². The van der Waals surface area contributed by atoms with Crippen LogP contribution in [0.1, 0.15) is 67.4 Å². The zero-order chi connectivity index (χ0) is 23.1. The fourth-order valence-electron chi connectivity index (χ4n) is 2.96. The van der Waals surface area contributed by atoms with Gasteiger partial charge >= 0.3 is 16.1 Å². The number of nitrogens with zero attached hydrogens (tertiary/aromatic N) is 2. The molecule has 2 amide bonds. The molecule has 7 nitrogen and oxygen atoms in total. The maximum absolute atomic E-state index is 12.9. The first kappa shape index (κ1) is 26.1. The van der Waals surface area contributed by atoms with Crippen molar-refractivity contribution in [1.29, 1.82) is 0 Å². The van der Waals surface area contributed by atoms with Crippen molar-refractivity contribution in [2.75, 3.05) is 23.7 Å². The summed E-state index contributed by atoms with van der Waals surface area (Å²) in [6.07, 6.45) is 0.776. The zero-order valence-corrected chi connectivity index (χ0v) is 20.6. The Balaban J connectivity index is 3.38. The summed E-state index contributed by atoms with van der Waals surface area (Å²) in [7, 11) is -3.70. The number of carbonyl (C=O) groups excluding carboxylic acids is 1. The molecule has 0 unspecified atom stereocenters. The van der Waals surface area contributed by atoms with E-state index in [1.165, 1.54) is 0 Å². The lowest BCUT2D eigenvalue weighted by Gasteiger charge is -2.33. The Morgan fingerprint density at radius 3 is 2.20 bits per heavy atom. The molecule has 8 heteroatoms. The first-order valence-corrected chi connectivity index (χ1v) is 12.3. The zero-order valence-electron chi connectivity index (χ0n) is 19.8. The van der Waals surface area contributed by atoms with Gasteiger partial charge in [0.05, 0.1) is 12.3 Å². The molecule has 0 heterocycles. The lowest BCUT2D eigenvalue weighted by atomic mass is 10.1. The highest BCUT2D eigenvalue weighted by Crippen LogP contribution is 2.29. The lowest BCUT2D eigenvalue weighted by Crippen LogP contribution is -2.50. The number of urea groups is 1. The van der Waals surface area contributed by atoms with Crippen LogP contribution in [-0.2, 0) is 16.7 Å². The normalized spacial score (nSPS) is 12.9. The van der Waals surface area contributed by atoms with Gasteiger partial charge in [-0.15, -0.1) is 0 Å². The van der Waals surface area contributed by atoms with Gasteiger partial charge in [0, 0.05) is 42.0 Å². The van der Waals surface area contributed by atoms with Crippen molar-refractivity contribution < 1.29 is 17.4 Å². The van der Waals surface area contributed by atoms with Crippen LogP contribution in [0.25, 0.3) is 0 Å². The highest BCUT2D eigenvalue weighted by molar-refractivity contribution is 7.87. The Labute approximate surface area is 182 Å². The third-order valence-electron chi connectivity index (χ3n) is 4.96. The molecule has 0 aliphatic heterocycles. The molecule has 0 bridgehead atoms. The van der Waals surface area contributed by atoms with E-state index in [1.54, 1.807) is 17.9 Å². The number of benzene rings is 1.